The molecular weight excluding hydrogens is 290 g/mol. The Morgan fingerprint density at radius 2 is 2.10 bits per heavy atom. The molecule has 118 valence electrons. The number of amides is 1. The third kappa shape index (κ3) is 5.00. The molecule has 1 aromatic rings. The van der Waals surface area contributed by atoms with E-state index in [4.69, 9.17) is 4.74 Å². The van der Waals surface area contributed by atoms with E-state index >= 15 is 0 Å². The van der Waals surface area contributed by atoms with Crippen LogP contribution in [0.1, 0.15) is 39.8 Å². The SMILES string of the molecule is CCCNC(=O)CNc1nc(C(C)(C)C(=O)OCC)cs1. The predicted molar refractivity (Wildman–Crippen MR) is 83.6 cm³/mol. The van der Waals surface area contributed by atoms with Gasteiger partial charge in [-0.3, -0.25) is 9.59 Å². The van der Waals surface area contributed by atoms with Crippen molar-refractivity contribution in [3.8, 4) is 0 Å². The average molecular weight is 313 g/mol. The molecule has 0 fully saturated rings. The largest absolute Gasteiger partial charge is 0.465 e. The normalized spacial score (nSPS) is 11.0. The van der Waals surface area contributed by atoms with Crippen molar-refractivity contribution < 1.29 is 14.3 Å². The summed E-state index contributed by atoms with van der Waals surface area (Å²) >= 11 is 1.37. The van der Waals surface area contributed by atoms with E-state index in [1.807, 2.05) is 12.3 Å². The predicted octanol–water partition coefficient (Wildman–Crippen LogP) is 1.92. The Morgan fingerprint density at radius 3 is 2.71 bits per heavy atom. The highest BCUT2D eigenvalue weighted by Crippen LogP contribution is 2.28. The van der Waals surface area contributed by atoms with Crippen molar-refractivity contribution in [2.24, 2.45) is 0 Å². The molecule has 0 aliphatic rings. The smallest absolute Gasteiger partial charge is 0.317 e. The fourth-order valence-corrected chi connectivity index (χ4v) is 2.42. The van der Waals surface area contributed by atoms with Gasteiger partial charge in [0.2, 0.25) is 5.91 Å². The summed E-state index contributed by atoms with van der Waals surface area (Å²) in [5.41, 5.74) is -0.154. The summed E-state index contributed by atoms with van der Waals surface area (Å²) < 4.78 is 5.05. The fraction of sp³-hybridized carbons (Fsp3) is 0.643. The van der Waals surface area contributed by atoms with Gasteiger partial charge in [-0.05, 0) is 27.2 Å². The van der Waals surface area contributed by atoms with Gasteiger partial charge in [-0.15, -0.1) is 11.3 Å². The Kier molecular flexibility index (Phi) is 6.61. The number of thiazole rings is 1. The number of anilines is 1. The van der Waals surface area contributed by atoms with Crippen molar-refractivity contribution in [2.75, 3.05) is 25.0 Å². The van der Waals surface area contributed by atoms with Gasteiger partial charge in [0.15, 0.2) is 5.13 Å². The molecule has 7 heteroatoms. The van der Waals surface area contributed by atoms with Gasteiger partial charge in [0.05, 0.1) is 18.8 Å². The number of nitrogens with zero attached hydrogens (tertiary/aromatic N) is 1. The number of hydrogen-bond acceptors (Lipinski definition) is 6. The molecule has 0 bridgehead atoms. The van der Waals surface area contributed by atoms with Gasteiger partial charge in [-0.2, -0.15) is 0 Å². The summed E-state index contributed by atoms with van der Waals surface area (Å²) in [6.07, 6.45) is 0.904. The molecule has 1 amide bonds. The van der Waals surface area contributed by atoms with Crippen LogP contribution in [0, 0.1) is 0 Å². The second kappa shape index (κ2) is 7.97. The zero-order valence-corrected chi connectivity index (χ0v) is 13.8. The third-order valence-electron chi connectivity index (χ3n) is 2.90. The molecule has 0 aliphatic carbocycles. The van der Waals surface area contributed by atoms with Crippen LogP contribution in [0.3, 0.4) is 0 Å². The molecular formula is C14H23N3O3S. The Labute approximate surface area is 129 Å². The molecule has 0 saturated carbocycles. The average Bonchev–Trinajstić information content (AvgIpc) is 2.92. The molecule has 0 spiro atoms. The first kappa shape index (κ1) is 17.4. The van der Waals surface area contributed by atoms with Crippen LogP contribution in [0.15, 0.2) is 5.38 Å². The van der Waals surface area contributed by atoms with E-state index in [1.54, 1.807) is 20.8 Å². The molecule has 0 radical (unpaired) electrons. The lowest BCUT2D eigenvalue weighted by Gasteiger charge is -2.19. The van der Waals surface area contributed by atoms with Crippen molar-refractivity contribution in [2.45, 2.75) is 39.5 Å². The highest BCUT2D eigenvalue weighted by Gasteiger charge is 2.33. The second-order valence-electron chi connectivity index (χ2n) is 5.09. The summed E-state index contributed by atoms with van der Waals surface area (Å²) in [5, 5.41) is 8.16. The second-order valence-corrected chi connectivity index (χ2v) is 5.94. The molecule has 1 rings (SSSR count). The summed E-state index contributed by atoms with van der Waals surface area (Å²) in [5.74, 6) is -0.374. The molecule has 2 N–H and O–H groups in total. The molecule has 21 heavy (non-hydrogen) atoms. The molecule has 0 saturated heterocycles. The van der Waals surface area contributed by atoms with Gasteiger partial charge in [0, 0.05) is 11.9 Å². The third-order valence-corrected chi connectivity index (χ3v) is 3.70. The first-order chi connectivity index (χ1) is 9.91. The monoisotopic (exact) mass is 313 g/mol. The maximum absolute atomic E-state index is 11.9. The zero-order valence-electron chi connectivity index (χ0n) is 13.0. The van der Waals surface area contributed by atoms with Crippen LogP contribution in [0.5, 0.6) is 0 Å². The van der Waals surface area contributed by atoms with Gasteiger partial charge in [0.1, 0.15) is 5.41 Å². The number of nitrogens with one attached hydrogen (secondary N) is 2. The van der Waals surface area contributed by atoms with Gasteiger partial charge in [-0.1, -0.05) is 6.92 Å². The topological polar surface area (TPSA) is 80.3 Å². The number of esters is 1. The van der Waals surface area contributed by atoms with E-state index in [0.29, 0.717) is 24.0 Å². The van der Waals surface area contributed by atoms with Crippen LogP contribution in [-0.4, -0.2) is 36.6 Å². The number of carbonyl (C=O) groups excluding carboxylic acids is 2. The zero-order chi connectivity index (χ0) is 15.9. The van der Waals surface area contributed by atoms with E-state index < -0.39 is 5.41 Å². The van der Waals surface area contributed by atoms with Gasteiger partial charge in [0.25, 0.3) is 0 Å². The summed E-state index contributed by atoms with van der Waals surface area (Å²) in [6, 6.07) is 0. The molecule has 6 nitrogen and oxygen atoms in total. The minimum Gasteiger partial charge on any atom is -0.465 e. The Hall–Kier alpha value is -1.63. The van der Waals surface area contributed by atoms with Crippen molar-refractivity contribution in [1.82, 2.24) is 10.3 Å². The van der Waals surface area contributed by atoms with Crippen LogP contribution in [-0.2, 0) is 19.7 Å². The van der Waals surface area contributed by atoms with Crippen LogP contribution in [0.2, 0.25) is 0 Å². The number of rotatable bonds is 8. The summed E-state index contributed by atoms with van der Waals surface area (Å²) in [4.78, 5) is 27.8. The lowest BCUT2D eigenvalue weighted by molar-refractivity contribution is -0.148. The lowest BCUT2D eigenvalue weighted by atomic mass is 9.90. The lowest BCUT2D eigenvalue weighted by Crippen LogP contribution is -2.32. The maximum Gasteiger partial charge on any atom is 0.317 e. The van der Waals surface area contributed by atoms with E-state index in [1.165, 1.54) is 11.3 Å². The van der Waals surface area contributed by atoms with E-state index in [2.05, 4.69) is 15.6 Å². The Morgan fingerprint density at radius 1 is 1.38 bits per heavy atom. The maximum atomic E-state index is 11.9. The van der Waals surface area contributed by atoms with Crippen LogP contribution >= 0.6 is 11.3 Å². The number of carbonyl (C=O) groups is 2. The highest BCUT2D eigenvalue weighted by atomic mass is 32.1. The quantitative estimate of drug-likeness (QED) is 0.717. The van der Waals surface area contributed by atoms with Crippen LogP contribution < -0.4 is 10.6 Å². The first-order valence-electron chi connectivity index (χ1n) is 7.05. The van der Waals surface area contributed by atoms with Gasteiger partial charge >= 0.3 is 5.97 Å². The molecule has 0 aliphatic heterocycles. The molecule has 1 heterocycles. The van der Waals surface area contributed by atoms with Crippen molar-refractivity contribution >= 4 is 28.3 Å². The van der Waals surface area contributed by atoms with E-state index in [0.717, 1.165) is 6.42 Å². The van der Waals surface area contributed by atoms with Gasteiger partial charge < -0.3 is 15.4 Å². The van der Waals surface area contributed by atoms with E-state index in [9.17, 15) is 9.59 Å². The van der Waals surface area contributed by atoms with Crippen molar-refractivity contribution in [1.29, 1.82) is 0 Å². The minimum absolute atomic E-state index is 0.0711. The molecule has 0 aromatic carbocycles. The van der Waals surface area contributed by atoms with E-state index in [-0.39, 0.29) is 18.4 Å². The highest BCUT2D eigenvalue weighted by molar-refractivity contribution is 7.13. The van der Waals surface area contributed by atoms with Crippen LogP contribution in [0.25, 0.3) is 0 Å². The standard InChI is InChI=1S/C14H23N3O3S/c1-5-7-15-11(18)8-16-13-17-10(9-21-13)14(3,4)12(19)20-6-2/h9H,5-8H2,1-4H3,(H,15,18)(H,16,17). The number of hydrogen-bond donors (Lipinski definition) is 2. The first-order valence-corrected chi connectivity index (χ1v) is 7.93. The molecule has 0 unspecified atom stereocenters. The molecule has 0 atom stereocenters. The minimum atomic E-state index is -0.795. The van der Waals surface area contributed by atoms with Gasteiger partial charge in [-0.25, -0.2) is 4.98 Å². The van der Waals surface area contributed by atoms with Crippen LogP contribution in [0.4, 0.5) is 5.13 Å². The summed E-state index contributed by atoms with van der Waals surface area (Å²) in [7, 11) is 0. The number of ether oxygens (including phenoxy) is 1. The van der Waals surface area contributed by atoms with Crippen molar-refractivity contribution in [3.63, 3.8) is 0 Å². The Balaban J connectivity index is 2.60. The number of aromatic nitrogens is 1. The molecule has 1 aromatic heterocycles. The Bertz CT molecular complexity index is 486. The fourth-order valence-electron chi connectivity index (χ4n) is 1.54. The summed E-state index contributed by atoms with van der Waals surface area (Å²) in [6.45, 7) is 8.51. The van der Waals surface area contributed by atoms with Crippen molar-refractivity contribution in [3.05, 3.63) is 11.1 Å².